The van der Waals surface area contributed by atoms with Crippen LogP contribution in [0.5, 0.6) is 0 Å². The van der Waals surface area contributed by atoms with Crippen LogP contribution in [0.2, 0.25) is 5.02 Å². The van der Waals surface area contributed by atoms with Gasteiger partial charge in [0.05, 0.1) is 16.8 Å². The Hall–Kier alpha value is -2.14. The normalized spacial score (nSPS) is 11.8. The molecule has 8 nitrogen and oxygen atoms in total. The van der Waals surface area contributed by atoms with E-state index in [4.69, 9.17) is 11.6 Å². The van der Waals surface area contributed by atoms with Crippen LogP contribution in [-0.2, 0) is 24.8 Å². The second-order valence-electron chi connectivity index (χ2n) is 5.53. The quantitative estimate of drug-likeness (QED) is 0.692. The molecule has 27 heavy (non-hydrogen) atoms. The molecule has 2 aromatic rings. The molecule has 0 radical (unpaired) electrons. The van der Waals surface area contributed by atoms with E-state index in [1.54, 1.807) is 12.1 Å². The maximum absolute atomic E-state index is 12.3. The second kappa shape index (κ2) is 8.26. The van der Waals surface area contributed by atoms with Gasteiger partial charge in [0, 0.05) is 10.7 Å². The third-order valence-corrected chi connectivity index (χ3v) is 6.31. The van der Waals surface area contributed by atoms with Crippen LogP contribution in [0.3, 0.4) is 0 Å². The van der Waals surface area contributed by atoms with E-state index in [0.717, 1.165) is 10.6 Å². The van der Waals surface area contributed by atoms with Gasteiger partial charge in [0.1, 0.15) is 6.54 Å². The van der Waals surface area contributed by atoms with E-state index in [-0.39, 0.29) is 10.6 Å². The van der Waals surface area contributed by atoms with Gasteiger partial charge in [-0.25, -0.2) is 21.6 Å². The van der Waals surface area contributed by atoms with Crippen molar-refractivity contribution < 1.29 is 21.6 Å². The Balaban J connectivity index is 2.17. The molecule has 0 spiro atoms. The Morgan fingerprint density at radius 1 is 1.07 bits per heavy atom. The Bertz CT molecular complexity index is 1040. The summed E-state index contributed by atoms with van der Waals surface area (Å²) in [6, 6.07) is 11.6. The molecular weight excluding hydrogens is 414 g/mol. The first-order valence-corrected chi connectivity index (χ1v) is 11.3. The van der Waals surface area contributed by atoms with Crippen LogP contribution in [0, 0.1) is 0 Å². The van der Waals surface area contributed by atoms with Gasteiger partial charge in [-0.05, 0) is 49.5 Å². The molecule has 11 heteroatoms. The van der Waals surface area contributed by atoms with Crippen molar-refractivity contribution in [3.8, 4) is 0 Å². The third kappa shape index (κ3) is 5.67. The fourth-order valence-corrected chi connectivity index (χ4v) is 3.96. The standard InChI is InChI=1S/C16H18ClN3O5S2/c1-18-27(24,25)15-8-6-13(7-9-15)19-16(21)11-20(26(2,22)23)14-5-3-4-12(17)10-14/h3-10,18H,11H2,1-2H3,(H,19,21). The summed E-state index contributed by atoms with van der Waals surface area (Å²) in [5.74, 6) is -0.593. The molecular formula is C16H18ClN3O5S2. The number of benzene rings is 2. The van der Waals surface area contributed by atoms with Crippen molar-refractivity contribution in [1.29, 1.82) is 0 Å². The van der Waals surface area contributed by atoms with Gasteiger partial charge in [-0.1, -0.05) is 17.7 Å². The van der Waals surface area contributed by atoms with Crippen LogP contribution in [0.1, 0.15) is 0 Å². The number of hydrogen-bond acceptors (Lipinski definition) is 5. The molecule has 0 saturated carbocycles. The summed E-state index contributed by atoms with van der Waals surface area (Å²) < 4.78 is 50.6. The minimum Gasteiger partial charge on any atom is -0.325 e. The van der Waals surface area contributed by atoms with E-state index in [2.05, 4.69) is 10.0 Å². The Morgan fingerprint density at radius 3 is 2.22 bits per heavy atom. The smallest absolute Gasteiger partial charge is 0.245 e. The molecule has 146 valence electrons. The minimum atomic E-state index is -3.73. The number of carbonyl (C=O) groups excluding carboxylic acids is 1. The predicted octanol–water partition coefficient (Wildman–Crippen LogP) is 1.65. The zero-order chi connectivity index (χ0) is 20.2. The SMILES string of the molecule is CNS(=O)(=O)c1ccc(NC(=O)CN(c2cccc(Cl)c2)S(C)(=O)=O)cc1. The van der Waals surface area contributed by atoms with E-state index in [1.807, 2.05) is 0 Å². The molecule has 0 aromatic heterocycles. The molecule has 2 rings (SSSR count). The van der Waals surface area contributed by atoms with Crippen molar-refractivity contribution in [3.63, 3.8) is 0 Å². The third-order valence-electron chi connectivity index (χ3n) is 3.50. The van der Waals surface area contributed by atoms with Crippen molar-refractivity contribution in [2.24, 2.45) is 0 Å². The van der Waals surface area contributed by atoms with Gasteiger partial charge in [-0.3, -0.25) is 9.10 Å². The lowest BCUT2D eigenvalue weighted by Gasteiger charge is -2.22. The first-order valence-electron chi connectivity index (χ1n) is 7.59. The van der Waals surface area contributed by atoms with Crippen LogP contribution in [0.15, 0.2) is 53.4 Å². The number of amides is 1. The highest BCUT2D eigenvalue weighted by Crippen LogP contribution is 2.22. The number of nitrogens with one attached hydrogen (secondary N) is 2. The fourth-order valence-electron chi connectivity index (χ4n) is 2.20. The highest BCUT2D eigenvalue weighted by Gasteiger charge is 2.21. The molecule has 2 aromatic carbocycles. The Kier molecular flexibility index (Phi) is 6.47. The van der Waals surface area contributed by atoms with Crippen molar-refractivity contribution in [1.82, 2.24) is 4.72 Å². The summed E-state index contributed by atoms with van der Waals surface area (Å²) >= 11 is 5.89. The maximum Gasteiger partial charge on any atom is 0.245 e. The molecule has 0 saturated heterocycles. The predicted molar refractivity (Wildman–Crippen MR) is 105 cm³/mol. The van der Waals surface area contributed by atoms with Gasteiger partial charge < -0.3 is 5.32 Å². The van der Waals surface area contributed by atoms with E-state index in [9.17, 15) is 21.6 Å². The number of hydrogen-bond donors (Lipinski definition) is 2. The van der Waals surface area contributed by atoms with Crippen molar-refractivity contribution in [2.75, 3.05) is 29.5 Å². The number of halogens is 1. The molecule has 2 N–H and O–H groups in total. The minimum absolute atomic E-state index is 0.0414. The molecule has 0 aliphatic heterocycles. The van der Waals surface area contributed by atoms with E-state index in [1.165, 1.54) is 43.4 Å². The lowest BCUT2D eigenvalue weighted by atomic mass is 10.3. The summed E-state index contributed by atoms with van der Waals surface area (Å²) in [5, 5.41) is 2.87. The molecule has 0 heterocycles. The lowest BCUT2D eigenvalue weighted by molar-refractivity contribution is -0.114. The van der Waals surface area contributed by atoms with Gasteiger partial charge in [0.15, 0.2) is 0 Å². The zero-order valence-corrected chi connectivity index (χ0v) is 16.9. The topological polar surface area (TPSA) is 113 Å². The molecule has 0 aliphatic carbocycles. The first kappa shape index (κ1) is 21.2. The maximum atomic E-state index is 12.3. The number of rotatable bonds is 7. The van der Waals surface area contributed by atoms with Crippen LogP contribution in [0.25, 0.3) is 0 Å². The van der Waals surface area contributed by atoms with Gasteiger partial charge in [-0.2, -0.15) is 0 Å². The number of anilines is 2. The second-order valence-corrected chi connectivity index (χ2v) is 9.76. The average Bonchev–Trinajstić information content (AvgIpc) is 2.59. The lowest BCUT2D eigenvalue weighted by Crippen LogP contribution is -2.37. The number of nitrogens with zero attached hydrogens (tertiary/aromatic N) is 1. The van der Waals surface area contributed by atoms with Crippen molar-refractivity contribution in [3.05, 3.63) is 53.6 Å². The number of carbonyl (C=O) groups is 1. The van der Waals surface area contributed by atoms with Gasteiger partial charge in [-0.15, -0.1) is 0 Å². The zero-order valence-electron chi connectivity index (χ0n) is 14.5. The summed E-state index contributed by atoms with van der Waals surface area (Å²) in [5.41, 5.74) is 0.588. The van der Waals surface area contributed by atoms with Gasteiger partial charge in [0.2, 0.25) is 26.0 Å². The highest BCUT2D eigenvalue weighted by atomic mass is 35.5. The average molecular weight is 432 g/mol. The van der Waals surface area contributed by atoms with Crippen molar-refractivity contribution in [2.45, 2.75) is 4.90 Å². The Morgan fingerprint density at radius 2 is 1.70 bits per heavy atom. The summed E-state index contributed by atoms with van der Waals surface area (Å²) in [7, 11) is -6.02. The molecule has 0 aliphatic rings. The van der Waals surface area contributed by atoms with Crippen molar-refractivity contribution >= 4 is 48.9 Å². The largest absolute Gasteiger partial charge is 0.325 e. The monoisotopic (exact) mass is 431 g/mol. The molecule has 0 bridgehead atoms. The first-order chi connectivity index (χ1) is 12.5. The highest BCUT2D eigenvalue weighted by molar-refractivity contribution is 7.92. The van der Waals surface area contributed by atoms with Crippen LogP contribution in [-0.4, -0.2) is 42.6 Å². The number of sulfonamides is 2. The fraction of sp³-hybridized carbons (Fsp3) is 0.188. The Labute approximate surface area is 163 Å². The van der Waals surface area contributed by atoms with Crippen LogP contribution >= 0.6 is 11.6 Å². The van der Waals surface area contributed by atoms with Crippen LogP contribution < -0.4 is 14.3 Å². The van der Waals surface area contributed by atoms with Gasteiger partial charge in [0.25, 0.3) is 0 Å². The summed E-state index contributed by atoms with van der Waals surface area (Å²) in [6.45, 7) is -0.463. The molecule has 1 amide bonds. The summed E-state index contributed by atoms with van der Waals surface area (Å²) in [6.07, 6.45) is 0.985. The molecule has 0 unspecified atom stereocenters. The summed E-state index contributed by atoms with van der Waals surface area (Å²) in [4.78, 5) is 12.3. The molecule has 0 fully saturated rings. The van der Waals surface area contributed by atoms with E-state index >= 15 is 0 Å². The van der Waals surface area contributed by atoms with E-state index < -0.39 is 32.5 Å². The van der Waals surface area contributed by atoms with Crippen LogP contribution in [0.4, 0.5) is 11.4 Å². The van der Waals surface area contributed by atoms with E-state index in [0.29, 0.717) is 10.7 Å². The molecule has 0 atom stereocenters. The van der Waals surface area contributed by atoms with Gasteiger partial charge >= 0.3 is 0 Å².